The van der Waals surface area contributed by atoms with Gasteiger partial charge in [-0.15, -0.1) is 0 Å². The van der Waals surface area contributed by atoms with Crippen molar-refractivity contribution in [2.45, 2.75) is 6.92 Å². The molecule has 0 atom stereocenters. The van der Waals surface area contributed by atoms with Crippen molar-refractivity contribution in [2.24, 2.45) is 10.1 Å². The van der Waals surface area contributed by atoms with Crippen LogP contribution in [0.4, 0.5) is 0 Å². The number of hydrogen-bond donors (Lipinski definition) is 1. The zero-order valence-corrected chi connectivity index (χ0v) is 16.6. The van der Waals surface area contributed by atoms with Crippen LogP contribution < -0.4 is 5.43 Å². The van der Waals surface area contributed by atoms with Crippen LogP contribution in [0, 0.1) is 12.3 Å². The number of aryl methyl sites for hydroxylation is 1. The lowest BCUT2D eigenvalue weighted by molar-refractivity contribution is -0.114. The average molecular weight is 414 g/mol. The first-order valence-electron chi connectivity index (χ1n) is 9.09. The maximum atomic E-state index is 12.7. The van der Waals surface area contributed by atoms with Crippen LogP contribution in [0.1, 0.15) is 16.7 Å². The number of aliphatic imine (C=N–C) groups is 1. The number of amides is 1. The Kier molecular flexibility index (Phi) is 4.22. The number of para-hydroxylation sites is 1. The molecule has 0 unspecified atom stereocenters. The summed E-state index contributed by atoms with van der Waals surface area (Å²) in [6.07, 6.45) is 2.63. The number of carbonyl (C=O) groups excluding carboxylic acids is 1. The molecule has 8 heteroatoms. The van der Waals surface area contributed by atoms with Gasteiger partial charge in [0.05, 0.1) is 16.5 Å². The van der Waals surface area contributed by atoms with Crippen LogP contribution >= 0.6 is 11.8 Å². The van der Waals surface area contributed by atoms with Gasteiger partial charge in [-0.05, 0) is 43.0 Å². The highest BCUT2D eigenvalue weighted by Gasteiger charge is 2.36. The van der Waals surface area contributed by atoms with E-state index in [1.807, 2.05) is 31.2 Å². The second-order valence-electron chi connectivity index (χ2n) is 6.81. The number of hydrazone groups is 1. The molecule has 0 saturated heterocycles. The van der Waals surface area contributed by atoms with Gasteiger partial charge in [-0.1, -0.05) is 35.9 Å². The number of hydrogen-bond acceptors (Lipinski definition) is 6. The van der Waals surface area contributed by atoms with Crippen molar-refractivity contribution < 1.29 is 9.21 Å². The van der Waals surface area contributed by atoms with Gasteiger partial charge in [-0.25, -0.2) is 0 Å². The molecule has 0 bridgehead atoms. The molecule has 3 heterocycles. The Morgan fingerprint density at radius 3 is 2.80 bits per heavy atom. The number of amidine groups is 2. The molecular formula is C22H14N4O3S. The summed E-state index contributed by atoms with van der Waals surface area (Å²) in [6.45, 7) is 1.98. The minimum Gasteiger partial charge on any atom is -0.463 e. The minimum absolute atomic E-state index is 0.0174. The van der Waals surface area contributed by atoms with E-state index in [0.717, 1.165) is 11.1 Å². The van der Waals surface area contributed by atoms with Gasteiger partial charge in [-0.2, -0.15) is 15.1 Å². The molecular weight excluding hydrogens is 400 g/mol. The van der Waals surface area contributed by atoms with Crippen LogP contribution in [0.3, 0.4) is 0 Å². The Morgan fingerprint density at radius 2 is 1.97 bits per heavy atom. The number of benzene rings is 2. The number of rotatable bonds is 2. The molecule has 2 aromatic carbocycles. The molecule has 0 spiro atoms. The molecule has 1 aromatic heterocycles. The zero-order valence-electron chi connectivity index (χ0n) is 15.7. The summed E-state index contributed by atoms with van der Waals surface area (Å²) in [5.41, 5.74) is 2.31. The van der Waals surface area contributed by atoms with Gasteiger partial charge in [0, 0.05) is 5.56 Å². The fraction of sp³-hybridized carbons (Fsp3) is 0.0455. The number of fused-ring (bicyclic) bond motifs is 2. The second-order valence-corrected chi connectivity index (χ2v) is 7.77. The molecule has 0 radical (unpaired) electrons. The summed E-state index contributed by atoms with van der Waals surface area (Å²) < 4.78 is 5.50. The van der Waals surface area contributed by atoms with Gasteiger partial charge in [0.15, 0.2) is 11.3 Å². The molecule has 0 aliphatic carbocycles. The third kappa shape index (κ3) is 2.98. The summed E-state index contributed by atoms with van der Waals surface area (Å²) in [6, 6.07) is 14.7. The minimum atomic E-state index is -0.591. The van der Waals surface area contributed by atoms with Crippen molar-refractivity contribution in [2.75, 3.05) is 0 Å². The van der Waals surface area contributed by atoms with Crippen LogP contribution in [-0.4, -0.2) is 27.0 Å². The summed E-state index contributed by atoms with van der Waals surface area (Å²) in [4.78, 5) is 29.4. The molecule has 3 aromatic rings. The molecule has 146 valence electrons. The van der Waals surface area contributed by atoms with Gasteiger partial charge in [0.25, 0.3) is 5.91 Å². The Balaban J connectivity index is 1.55. The summed E-state index contributed by atoms with van der Waals surface area (Å²) in [7, 11) is 0. The van der Waals surface area contributed by atoms with E-state index in [9.17, 15) is 9.59 Å². The first-order chi connectivity index (χ1) is 14.5. The highest BCUT2D eigenvalue weighted by Crippen LogP contribution is 2.31. The van der Waals surface area contributed by atoms with Crippen molar-refractivity contribution in [1.29, 1.82) is 5.41 Å². The van der Waals surface area contributed by atoms with E-state index in [1.54, 1.807) is 24.3 Å². The zero-order chi connectivity index (χ0) is 20.8. The Hall–Kier alpha value is -3.78. The van der Waals surface area contributed by atoms with Gasteiger partial charge in [0.2, 0.25) is 5.17 Å². The largest absolute Gasteiger partial charge is 0.463 e. The Bertz CT molecular complexity index is 1400. The van der Waals surface area contributed by atoms with Crippen molar-refractivity contribution in [3.05, 3.63) is 87.3 Å². The normalized spacial score (nSPS) is 17.4. The number of thioether (sulfide) groups is 1. The number of carbonyl (C=O) groups is 1. The van der Waals surface area contributed by atoms with Gasteiger partial charge >= 0.3 is 0 Å². The van der Waals surface area contributed by atoms with Crippen LogP contribution in [-0.2, 0) is 4.79 Å². The van der Waals surface area contributed by atoms with E-state index in [4.69, 9.17) is 9.83 Å². The van der Waals surface area contributed by atoms with E-state index >= 15 is 0 Å². The van der Waals surface area contributed by atoms with Crippen molar-refractivity contribution in [1.82, 2.24) is 5.01 Å². The average Bonchev–Trinajstić information content (AvgIpc) is 3.17. The molecule has 5 rings (SSSR count). The summed E-state index contributed by atoms with van der Waals surface area (Å²) in [5.74, 6) is -0.722. The lowest BCUT2D eigenvalue weighted by Crippen LogP contribution is -2.35. The Morgan fingerprint density at radius 1 is 1.13 bits per heavy atom. The van der Waals surface area contributed by atoms with E-state index in [-0.39, 0.29) is 22.4 Å². The molecule has 1 amide bonds. The maximum Gasteiger partial charge on any atom is 0.283 e. The Labute approximate surface area is 174 Å². The number of nitrogens with zero attached hydrogens (tertiary/aromatic N) is 3. The van der Waals surface area contributed by atoms with E-state index in [0.29, 0.717) is 21.2 Å². The lowest BCUT2D eigenvalue weighted by Gasteiger charge is -2.20. The molecule has 2 aliphatic heterocycles. The standard InChI is InChI=1S/C22H14N4O3S/c1-12-5-4-6-13(9-12)21-25-26-19(23)16(20(28)24-22(26)30-21)10-14-11-29-17-8-3-2-7-15(17)18(14)27/h2-11,23H,1H3/b16-10-,23-19?. The monoisotopic (exact) mass is 414 g/mol. The van der Waals surface area contributed by atoms with Crippen LogP contribution in [0.2, 0.25) is 0 Å². The first-order valence-corrected chi connectivity index (χ1v) is 9.91. The van der Waals surface area contributed by atoms with Crippen molar-refractivity contribution in [3.8, 4) is 0 Å². The first kappa shape index (κ1) is 18.3. The smallest absolute Gasteiger partial charge is 0.283 e. The fourth-order valence-corrected chi connectivity index (χ4v) is 4.12. The fourth-order valence-electron chi connectivity index (χ4n) is 3.23. The highest BCUT2D eigenvalue weighted by atomic mass is 32.2. The highest BCUT2D eigenvalue weighted by molar-refractivity contribution is 8.27. The summed E-state index contributed by atoms with van der Waals surface area (Å²) in [5, 5.41) is 15.6. The maximum absolute atomic E-state index is 12.7. The SMILES string of the molecule is Cc1cccc(C2=NN3C(=N)/C(=C/c4coc5ccccc5c4=O)C(=O)N=C3S2)c1. The van der Waals surface area contributed by atoms with E-state index in [1.165, 1.54) is 29.1 Å². The molecule has 7 nitrogen and oxygen atoms in total. The predicted octanol–water partition coefficient (Wildman–Crippen LogP) is 3.77. The van der Waals surface area contributed by atoms with Gasteiger partial charge in [-0.3, -0.25) is 15.0 Å². The molecule has 1 N–H and O–H groups in total. The second kappa shape index (κ2) is 6.93. The van der Waals surface area contributed by atoms with Crippen LogP contribution in [0.5, 0.6) is 0 Å². The predicted molar refractivity (Wildman–Crippen MR) is 118 cm³/mol. The third-order valence-corrected chi connectivity index (χ3v) is 5.68. The third-order valence-electron chi connectivity index (χ3n) is 4.73. The van der Waals surface area contributed by atoms with Crippen molar-refractivity contribution in [3.63, 3.8) is 0 Å². The quantitative estimate of drug-likeness (QED) is 0.644. The topological polar surface area (TPSA) is 99.1 Å². The van der Waals surface area contributed by atoms with Crippen molar-refractivity contribution >= 4 is 50.8 Å². The van der Waals surface area contributed by atoms with E-state index < -0.39 is 5.91 Å². The number of nitrogens with one attached hydrogen (secondary N) is 1. The van der Waals surface area contributed by atoms with Crippen LogP contribution in [0.15, 0.2) is 79.7 Å². The van der Waals surface area contributed by atoms with Crippen LogP contribution in [0.25, 0.3) is 17.0 Å². The molecule has 0 saturated carbocycles. The molecule has 0 fully saturated rings. The van der Waals surface area contributed by atoms with Gasteiger partial charge in [0.1, 0.15) is 16.9 Å². The van der Waals surface area contributed by atoms with E-state index in [2.05, 4.69) is 10.1 Å². The van der Waals surface area contributed by atoms with Gasteiger partial charge < -0.3 is 4.42 Å². The lowest BCUT2D eigenvalue weighted by atomic mass is 10.1. The molecule has 30 heavy (non-hydrogen) atoms. The molecule has 2 aliphatic rings. The summed E-state index contributed by atoms with van der Waals surface area (Å²) >= 11 is 1.23.